The molecule has 1 N–H and O–H groups in total. The molecular formula is C18H18N6O3. The molecule has 1 aromatic carbocycles. The molecule has 1 saturated heterocycles. The fraction of sp³-hybridized carbons (Fsp3) is 0.278. The zero-order valence-corrected chi connectivity index (χ0v) is 14.5. The number of amides is 1. The summed E-state index contributed by atoms with van der Waals surface area (Å²) in [5.41, 5.74) is 0.711. The van der Waals surface area contributed by atoms with Crippen molar-refractivity contribution in [1.82, 2.24) is 29.4 Å². The summed E-state index contributed by atoms with van der Waals surface area (Å²) in [4.78, 5) is 30.2. The number of carboxylic acids is 1. The second kappa shape index (κ2) is 7.02. The fourth-order valence-corrected chi connectivity index (χ4v) is 3.33. The fourth-order valence-electron chi connectivity index (χ4n) is 3.33. The van der Waals surface area contributed by atoms with Gasteiger partial charge in [0.1, 0.15) is 18.3 Å². The summed E-state index contributed by atoms with van der Waals surface area (Å²) in [6.07, 6.45) is 4.87. The predicted octanol–water partition coefficient (Wildman–Crippen LogP) is 1.64. The highest BCUT2D eigenvalue weighted by Gasteiger charge is 2.29. The van der Waals surface area contributed by atoms with Crippen LogP contribution < -0.4 is 0 Å². The molecule has 3 aromatic rings. The predicted molar refractivity (Wildman–Crippen MR) is 94.7 cm³/mol. The molecule has 3 heterocycles. The molecule has 0 saturated carbocycles. The number of rotatable bonds is 4. The third-order valence-electron chi connectivity index (χ3n) is 4.64. The van der Waals surface area contributed by atoms with E-state index in [1.54, 1.807) is 28.0 Å². The summed E-state index contributed by atoms with van der Waals surface area (Å²) in [6, 6.07) is 10.4. The molecule has 0 unspecified atom stereocenters. The largest absolute Gasteiger partial charge is 0.476 e. The first-order valence-electron chi connectivity index (χ1n) is 8.65. The van der Waals surface area contributed by atoms with Crippen LogP contribution in [-0.2, 0) is 0 Å². The van der Waals surface area contributed by atoms with E-state index in [0.717, 1.165) is 12.8 Å². The van der Waals surface area contributed by atoms with Crippen molar-refractivity contribution in [3.63, 3.8) is 0 Å². The van der Waals surface area contributed by atoms with Crippen LogP contribution in [0.4, 0.5) is 0 Å². The molecule has 138 valence electrons. The van der Waals surface area contributed by atoms with Gasteiger partial charge in [0, 0.05) is 19.2 Å². The summed E-state index contributed by atoms with van der Waals surface area (Å²) in [6.45, 7) is 1.09. The maximum absolute atomic E-state index is 13.2. The molecule has 2 aromatic heterocycles. The van der Waals surface area contributed by atoms with E-state index in [9.17, 15) is 14.7 Å². The minimum absolute atomic E-state index is 0.0530. The van der Waals surface area contributed by atoms with Crippen LogP contribution in [0.5, 0.6) is 0 Å². The Labute approximate surface area is 154 Å². The van der Waals surface area contributed by atoms with E-state index < -0.39 is 5.97 Å². The Hall–Kier alpha value is -3.49. The number of carbonyl (C=O) groups excluding carboxylic acids is 1. The van der Waals surface area contributed by atoms with Crippen molar-refractivity contribution in [2.24, 2.45) is 0 Å². The summed E-state index contributed by atoms with van der Waals surface area (Å²) < 4.78 is 3.15. The molecule has 9 nitrogen and oxygen atoms in total. The van der Waals surface area contributed by atoms with Gasteiger partial charge in [0.25, 0.3) is 5.91 Å². The highest BCUT2D eigenvalue weighted by molar-refractivity contribution is 5.96. The van der Waals surface area contributed by atoms with Crippen molar-refractivity contribution in [2.45, 2.75) is 18.9 Å². The molecule has 1 atom stereocenters. The van der Waals surface area contributed by atoms with Crippen LogP contribution in [0.25, 0.3) is 5.69 Å². The lowest BCUT2D eigenvalue weighted by Gasteiger charge is -2.32. The second-order valence-corrected chi connectivity index (χ2v) is 6.39. The lowest BCUT2D eigenvalue weighted by Crippen LogP contribution is -2.41. The molecule has 0 radical (unpaired) electrons. The number of aromatic nitrogens is 5. The summed E-state index contributed by atoms with van der Waals surface area (Å²) in [7, 11) is 0. The SMILES string of the molecule is O=C(O)c1cc(C(=O)N2CCC[C@H](n3cncn3)C2)n(-c2ccccc2)n1. The Morgan fingerprint density at radius 3 is 2.70 bits per heavy atom. The maximum Gasteiger partial charge on any atom is 0.356 e. The third-order valence-corrected chi connectivity index (χ3v) is 4.64. The normalized spacial score (nSPS) is 17.0. The summed E-state index contributed by atoms with van der Waals surface area (Å²) >= 11 is 0. The molecule has 0 spiro atoms. The van der Waals surface area contributed by atoms with Crippen LogP contribution in [0, 0.1) is 0 Å². The number of benzene rings is 1. The Morgan fingerprint density at radius 1 is 1.19 bits per heavy atom. The van der Waals surface area contributed by atoms with Crippen LogP contribution in [0.15, 0.2) is 49.1 Å². The third kappa shape index (κ3) is 3.31. The molecule has 1 aliphatic heterocycles. The number of aromatic carboxylic acids is 1. The molecule has 1 aliphatic rings. The van der Waals surface area contributed by atoms with Gasteiger partial charge in [-0.25, -0.2) is 19.1 Å². The minimum Gasteiger partial charge on any atom is -0.476 e. The molecule has 27 heavy (non-hydrogen) atoms. The van der Waals surface area contributed by atoms with Gasteiger partial charge in [-0.1, -0.05) is 18.2 Å². The highest BCUT2D eigenvalue weighted by atomic mass is 16.4. The van der Waals surface area contributed by atoms with E-state index in [-0.39, 0.29) is 23.3 Å². The van der Waals surface area contributed by atoms with Crippen LogP contribution in [0.3, 0.4) is 0 Å². The molecule has 1 fully saturated rings. The van der Waals surface area contributed by atoms with Gasteiger partial charge in [0.05, 0.1) is 11.7 Å². The Bertz CT molecular complexity index is 951. The number of carbonyl (C=O) groups is 2. The number of para-hydroxylation sites is 1. The van der Waals surface area contributed by atoms with E-state index in [2.05, 4.69) is 15.2 Å². The van der Waals surface area contributed by atoms with Crippen molar-refractivity contribution >= 4 is 11.9 Å². The standard InChI is InChI=1S/C18H18N6O3/c25-17(22-8-4-7-14(10-22)23-12-19-11-20-23)16-9-15(18(26)27)21-24(16)13-5-2-1-3-6-13/h1-3,5-6,9,11-12,14H,4,7-8,10H2,(H,26,27)/t14-/m0/s1. The second-order valence-electron chi connectivity index (χ2n) is 6.39. The number of nitrogens with zero attached hydrogens (tertiary/aromatic N) is 6. The monoisotopic (exact) mass is 366 g/mol. The number of piperidine rings is 1. The molecule has 1 amide bonds. The van der Waals surface area contributed by atoms with Crippen LogP contribution in [-0.4, -0.2) is 59.5 Å². The van der Waals surface area contributed by atoms with Gasteiger partial charge in [0.2, 0.25) is 0 Å². The van der Waals surface area contributed by atoms with E-state index in [1.807, 2.05) is 18.2 Å². The highest BCUT2D eigenvalue weighted by Crippen LogP contribution is 2.23. The molecule has 0 bridgehead atoms. The smallest absolute Gasteiger partial charge is 0.356 e. The topological polar surface area (TPSA) is 106 Å². The molecular weight excluding hydrogens is 348 g/mol. The Morgan fingerprint density at radius 2 is 2.00 bits per heavy atom. The van der Waals surface area contributed by atoms with Gasteiger partial charge >= 0.3 is 5.97 Å². The van der Waals surface area contributed by atoms with Gasteiger partial charge in [-0.05, 0) is 25.0 Å². The first-order valence-corrected chi connectivity index (χ1v) is 8.65. The van der Waals surface area contributed by atoms with Crippen LogP contribution >= 0.6 is 0 Å². The average molecular weight is 366 g/mol. The van der Waals surface area contributed by atoms with Gasteiger partial charge < -0.3 is 10.0 Å². The first kappa shape index (κ1) is 17.0. The molecule has 9 heteroatoms. The molecule has 4 rings (SSSR count). The quantitative estimate of drug-likeness (QED) is 0.752. The number of carboxylic acid groups (broad SMARTS) is 1. The maximum atomic E-state index is 13.2. The number of likely N-dealkylation sites (tertiary alicyclic amines) is 1. The van der Waals surface area contributed by atoms with Crippen molar-refractivity contribution in [2.75, 3.05) is 13.1 Å². The van der Waals surface area contributed by atoms with Crippen molar-refractivity contribution < 1.29 is 14.7 Å². The number of hydrogen-bond donors (Lipinski definition) is 1. The van der Waals surface area contributed by atoms with Crippen molar-refractivity contribution in [3.05, 3.63) is 60.4 Å². The molecule has 0 aliphatic carbocycles. The average Bonchev–Trinajstić information content (AvgIpc) is 3.38. The van der Waals surface area contributed by atoms with Crippen LogP contribution in [0.1, 0.15) is 39.9 Å². The number of hydrogen-bond acceptors (Lipinski definition) is 5. The van der Waals surface area contributed by atoms with Crippen molar-refractivity contribution in [3.8, 4) is 5.69 Å². The van der Waals surface area contributed by atoms with Gasteiger partial charge in [0.15, 0.2) is 5.69 Å². The van der Waals surface area contributed by atoms with Gasteiger partial charge in [-0.15, -0.1) is 0 Å². The Balaban J connectivity index is 1.66. The zero-order chi connectivity index (χ0) is 18.8. The van der Waals surface area contributed by atoms with E-state index in [4.69, 9.17) is 0 Å². The zero-order valence-electron chi connectivity index (χ0n) is 14.5. The van der Waals surface area contributed by atoms with Gasteiger partial charge in [-0.2, -0.15) is 10.2 Å². The van der Waals surface area contributed by atoms with Gasteiger partial charge in [-0.3, -0.25) is 4.79 Å². The van der Waals surface area contributed by atoms with E-state index in [0.29, 0.717) is 18.8 Å². The van der Waals surface area contributed by atoms with E-state index in [1.165, 1.54) is 17.1 Å². The minimum atomic E-state index is -1.17. The summed E-state index contributed by atoms with van der Waals surface area (Å²) in [5.74, 6) is -1.42. The lowest BCUT2D eigenvalue weighted by molar-refractivity contribution is 0.0662. The lowest BCUT2D eigenvalue weighted by atomic mass is 10.1. The first-order chi connectivity index (χ1) is 13.1. The summed E-state index contributed by atoms with van der Waals surface area (Å²) in [5, 5.41) is 17.6. The van der Waals surface area contributed by atoms with Crippen molar-refractivity contribution in [1.29, 1.82) is 0 Å². The Kier molecular flexibility index (Phi) is 4.41. The van der Waals surface area contributed by atoms with E-state index >= 15 is 0 Å². The van der Waals surface area contributed by atoms with Crippen LogP contribution in [0.2, 0.25) is 0 Å².